The normalized spacial score (nSPS) is 13.9. The quantitative estimate of drug-likeness (QED) is 0.738. The molecule has 0 aliphatic heterocycles. The van der Waals surface area contributed by atoms with Crippen molar-refractivity contribution in [2.45, 2.75) is 38.3 Å². The Hall–Kier alpha value is -1.39. The van der Waals surface area contributed by atoms with Gasteiger partial charge in [0.2, 0.25) is 0 Å². The molecule has 0 aliphatic carbocycles. The third-order valence-corrected chi connectivity index (χ3v) is 3.23. The predicted octanol–water partition coefficient (Wildman–Crippen LogP) is 1.82. The van der Waals surface area contributed by atoms with Crippen LogP contribution in [-0.4, -0.2) is 31.3 Å². The summed E-state index contributed by atoms with van der Waals surface area (Å²) in [7, 11) is 3.07. The molecule has 0 radical (unpaired) electrons. The Bertz CT molecular complexity index is 389. The van der Waals surface area contributed by atoms with Gasteiger partial charge < -0.3 is 15.2 Å². The largest absolute Gasteiger partial charge is 0.469 e. The van der Waals surface area contributed by atoms with Gasteiger partial charge in [-0.3, -0.25) is 4.79 Å². The molecular formula is C15H23NO3. The minimum absolute atomic E-state index is 0.144. The van der Waals surface area contributed by atoms with Crippen molar-refractivity contribution < 1.29 is 14.6 Å². The zero-order valence-electron chi connectivity index (χ0n) is 11.8. The molecule has 0 saturated carbocycles. The Kier molecular flexibility index (Phi) is 6.53. The number of aliphatic hydroxyl groups is 1. The molecule has 1 aromatic rings. The van der Waals surface area contributed by atoms with Crippen LogP contribution in [0, 0.1) is 0 Å². The summed E-state index contributed by atoms with van der Waals surface area (Å²) in [5.74, 6) is -0.332. The summed E-state index contributed by atoms with van der Waals surface area (Å²) in [4.78, 5) is 11.3. The van der Waals surface area contributed by atoms with Gasteiger partial charge in [-0.1, -0.05) is 37.6 Å². The number of hydrogen-bond donors (Lipinski definition) is 2. The Morgan fingerprint density at radius 1 is 1.37 bits per heavy atom. The first kappa shape index (κ1) is 15.7. The van der Waals surface area contributed by atoms with E-state index in [4.69, 9.17) is 0 Å². The first-order valence-electron chi connectivity index (χ1n) is 6.63. The summed E-state index contributed by atoms with van der Waals surface area (Å²) >= 11 is 0. The van der Waals surface area contributed by atoms with Crippen molar-refractivity contribution in [3.8, 4) is 0 Å². The first-order chi connectivity index (χ1) is 9.12. The number of aliphatic hydroxyl groups excluding tert-OH is 1. The lowest BCUT2D eigenvalue weighted by atomic mass is 9.98. The highest BCUT2D eigenvalue weighted by Gasteiger charge is 2.22. The summed E-state index contributed by atoms with van der Waals surface area (Å²) in [6, 6.07) is 7.53. The van der Waals surface area contributed by atoms with Crippen molar-refractivity contribution in [3.05, 3.63) is 35.4 Å². The summed E-state index contributed by atoms with van der Waals surface area (Å²) in [5, 5.41) is 13.2. The van der Waals surface area contributed by atoms with Gasteiger partial charge in [0.15, 0.2) is 0 Å². The molecule has 0 fully saturated rings. The monoisotopic (exact) mass is 265 g/mol. The van der Waals surface area contributed by atoms with Crippen LogP contribution in [-0.2, 0) is 16.0 Å². The van der Waals surface area contributed by atoms with Crippen LogP contribution in [0.15, 0.2) is 24.3 Å². The van der Waals surface area contributed by atoms with E-state index in [0.29, 0.717) is 0 Å². The molecule has 0 heterocycles. The van der Waals surface area contributed by atoms with E-state index in [0.717, 1.165) is 18.4 Å². The average Bonchev–Trinajstić information content (AvgIpc) is 2.45. The van der Waals surface area contributed by atoms with Crippen molar-refractivity contribution >= 4 is 5.97 Å². The van der Waals surface area contributed by atoms with Gasteiger partial charge in [0.05, 0.1) is 19.6 Å². The molecule has 0 aromatic heterocycles. The SMILES string of the molecule is CCCc1ccc(C(O)C(CC(=O)OC)NC)cc1. The highest BCUT2D eigenvalue weighted by molar-refractivity contribution is 5.70. The zero-order chi connectivity index (χ0) is 14.3. The number of esters is 1. The van der Waals surface area contributed by atoms with Crippen LogP contribution in [0.25, 0.3) is 0 Å². The number of methoxy groups -OCH3 is 1. The second-order valence-corrected chi connectivity index (χ2v) is 4.61. The second kappa shape index (κ2) is 7.92. The lowest BCUT2D eigenvalue weighted by Gasteiger charge is -2.22. The number of carbonyl (C=O) groups excluding carboxylic acids is 1. The van der Waals surface area contributed by atoms with Crippen LogP contribution in [0.5, 0.6) is 0 Å². The lowest BCUT2D eigenvalue weighted by molar-refractivity contribution is -0.141. The van der Waals surface area contributed by atoms with E-state index in [1.165, 1.54) is 12.7 Å². The van der Waals surface area contributed by atoms with Crippen LogP contribution >= 0.6 is 0 Å². The fourth-order valence-electron chi connectivity index (χ4n) is 2.04. The van der Waals surface area contributed by atoms with E-state index in [9.17, 15) is 9.90 Å². The van der Waals surface area contributed by atoms with Crippen LogP contribution in [0.4, 0.5) is 0 Å². The highest BCUT2D eigenvalue weighted by Crippen LogP contribution is 2.20. The number of nitrogens with one attached hydrogen (secondary N) is 1. The van der Waals surface area contributed by atoms with Gasteiger partial charge in [-0.25, -0.2) is 0 Å². The zero-order valence-corrected chi connectivity index (χ0v) is 11.8. The Morgan fingerprint density at radius 3 is 2.47 bits per heavy atom. The number of hydrogen-bond acceptors (Lipinski definition) is 4. The van der Waals surface area contributed by atoms with Crippen LogP contribution in [0.2, 0.25) is 0 Å². The molecule has 0 saturated heterocycles. The number of rotatable bonds is 7. The van der Waals surface area contributed by atoms with E-state index in [1.54, 1.807) is 7.05 Å². The van der Waals surface area contributed by atoms with Gasteiger partial charge in [-0.2, -0.15) is 0 Å². The minimum atomic E-state index is -0.722. The van der Waals surface area contributed by atoms with Crippen LogP contribution in [0.3, 0.4) is 0 Å². The van der Waals surface area contributed by atoms with E-state index >= 15 is 0 Å². The Morgan fingerprint density at radius 2 is 2.00 bits per heavy atom. The number of ether oxygens (including phenoxy) is 1. The maximum atomic E-state index is 11.3. The number of aryl methyl sites for hydroxylation is 1. The summed E-state index contributed by atoms with van der Waals surface area (Å²) in [6.07, 6.45) is 1.56. The van der Waals surface area contributed by atoms with E-state index < -0.39 is 6.10 Å². The van der Waals surface area contributed by atoms with Crippen molar-refractivity contribution in [2.24, 2.45) is 0 Å². The molecule has 1 rings (SSSR count). The molecule has 2 N–H and O–H groups in total. The Balaban J connectivity index is 2.73. The van der Waals surface area contributed by atoms with Crippen molar-refractivity contribution in [1.82, 2.24) is 5.32 Å². The third-order valence-electron chi connectivity index (χ3n) is 3.23. The predicted molar refractivity (Wildman–Crippen MR) is 74.9 cm³/mol. The van der Waals surface area contributed by atoms with Gasteiger partial charge in [0.25, 0.3) is 0 Å². The standard InChI is InChI=1S/C15H23NO3/c1-4-5-11-6-8-12(9-7-11)15(18)13(16-2)10-14(17)19-3/h6-9,13,15-16,18H,4-5,10H2,1-3H3. The van der Waals surface area contributed by atoms with E-state index in [1.807, 2.05) is 24.3 Å². The van der Waals surface area contributed by atoms with Crippen molar-refractivity contribution in [2.75, 3.05) is 14.2 Å². The maximum Gasteiger partial charge on any atom is 0.307 e. The van der Waals surface area contributed by atoms with Gasteiger partial charge >= 0.3 is 5.97 Å². The molecule has 2 atom stereocenters. The van der Waals surface area contributed by atoms with E-state index in [-0.39, 0.29) is 18.4 Å². The summed E-state index contributed by atoms with van der Waals surface area (Å²) in [6.45, 7) is 2.14. The van der Waals surface area contributed by atoms with Gasteiger partial charge in [-0.15, -0.1) is 0 Å². The molecule has 4 heteroatoms. The Labute approximate surface area is 114 Å². The molecule has 0 amide bonds. The highest BCUT2D eigenvalue weighted by atomic mass is 16.5. The number of carbonyl (C=O) groups is 1. The number of benzene rings is 1. The maximum absolute atomic E-state index is 11.3. The van der Waals surface area contributed by atoms with Crippen LogP contribution < -0.4 is 5.32 Å². The molecule has 0 spiro atoms. The average molecular weight is 265 g/mol. The minimum Gasteiger partial charge on any atom is -0.469 e. The molecule has 1 aromatic carbocycles. The third kappa shape index (κ3) is 4.65. The molecular weight excluding hydrogens is 242 g/mol. The molecule has 19 heavy (non-hydrogen) atoms. The van der Waals surface area contributed by atoms with Crippen LogP contribution in [0.1, 0.15) is 37.0 Å². The first-order valence-corrected chi connectivity index (χ1v) is 6.63. The smallest absolute Gasteiger partial charge is 0.307 e. The van der Waals surface area contributed by atoms with Crippen molar-refractivity contribution in [1.29, 1.82) is 0 Å². The number of likely N-dealkylation sites (N-methyl/N-ethyl adjacent to an activating group) is 1. The lowest BCUT2D eigenvalue weighted by Crippen LogP contribution is -2.34. The van der Waals surface area contributed by atoms with Crippen molar-refractivity contribution in [3.63, 3.8) is 0 Å². The van der Waals surface area contributed by atoms with Gasteiger partial charge in [0, 0.05) is 6.04 Å². The molecule has 2 unspecified atom stereocenters. The van der Waals surface area contributed by atoms with Gasteiger partial charge in [0.1, 0.15) is 0 Å². The van der Waals surface area contributed by atoms with E-state index in [2.05, 4.69) is 17.0 Å². The molecule has 0 bridgehead atoms. The summed E-state index contributed by atoms with van der Waals surface area (Å²) in [5.41, 5.74) is 2.07. The topological polar surface area (TPSA) is 58.6 Å². The van der Waals surface area contributed by atoms with Gasteiger partial charge in [-0.05, 0) is 24.6 Å². The molecule has 0 aliphatic rings. The summed E-state index contributed by atoms with van der Waals surface area (Å²) < 4.78 is 4.63. The fraction of sp³-hybridized carbons (Fsp3) is 0.533. The molecule has 106 valence electrons. The fourth-order valence-corrected chi connectivity index (χ4v) is 2.04. The molecule has 4 nitrogen and oxygen atoms in total. The second-order valence-electron chi connectivity index (χ2n) is 4.61.